The van der Waals surface area contributed by atoms with Crippen molar-refractivity contribution in [1.29, 1.82) is 0 Å². The molecule has 0 saturated carbocycles. The molecule has 0 unspecified atom stereocenters. The largest absolute Gasteiger partial charge is 0.312 e. The maximum Gasteiger partial charge on any atom is 0.114 e. The lowest BCUT2D eigenvalue weighted by Gasteiger charge is -2.28. The smallest absolute Gasteiger partial charge is 0.114 e. The average molecular weight is 312 g/mol. The van der Waals surface area contributed by atoms with E-state index in [1.54, 1.807) is 0 Å². The average Bonchev–Trinajstić information content (AvgIpc) is 3.05. The molecular formula is C15H25FN4S. The number of aromatic nitrogens is 2. The SMILES string of the molecule is Cn1nccc1CN1C[C@@H](F)C[C@H]1CNC1CCSCC1. The van der Waals surface area contributed by atoms with Crippen molar-refractivity contribution in [3.8, 4) is 0 Å². The van der Waals surface area contributed by atoms with Crippen LogP contribution in [-0.4, -0.2) is 57.5 Å². The first-order valence-corrected chi connectivity index (χ1v) is 9.04. The summed E-state index contributed by atoms with van der Waals surface area (Å²) in [6, 6.07) is 2.96. The minimum atomic E-state index is -0.688. The highest BCUT2D eigenvalue weighted by Gasteiger charge is 2.32. The van der Waals surface area contributed by atoms with E-state index >= 15 is 0 Å². The van der Waals surface area contributed by atoms with Crippen molar-refractivity contribution in [2.75, 3.05) is 24.6 Å². The highest BCUT2D eigenvalue weighted by atomic mass is 32.2. The van der Waals surface area contributed by atoms with Crippen LogP contribution in [0.25, 0.3) is 0 Å². The van der Waals surface area contributed by atoms with E-state index in [1.165, 1.54) is 24.3 Å². The molecule has 0 amide bonds. The third-order valence-corrected chi connectivity index (χ3v) is 5.68. The minimum Gasteiger partial charge on any atom is -0.312 e. The second-order valence-corrected chi connectivity index (χ2v) is 7.38. The van der Waals surface area contributed by atoms with E-state index in [9.17, 15) is 4.39 Å². The summed E-state index contributed by atoms with van der Waals surface area (Å²) in [6.45, 7) is 2.26. The molecule has 21 heavy (non-hydrogen) atoms. The summed E-state index contributed by atoms with van der Waals surface area (Å²) in [5.74, 6) is 2.51. The number of hydrogen-bond acceptors (Lipinski definition) is 4. The van der Waals surface area contributed by atoms with Gasteiger partial charge in [0.2, 0.25) is 0 Å². The molecule has 0 bridgehead atoms. The molecule has 6 heteroatoms. The van der Waals surface area contributed by atoms with E-state index < -0.39 is 6.17 Å². The molecule has 0 aliphatic carbocycles. The molecule has 4 nitrogen and oxygen atoms in total. The van der Waals surface area contributed by atoms with E-state index in [-0.39, 0.29) is 0 Å². The number of nitrogens with zero attached hydrogens (tertiary/aromatic N) is 3. The number of aryl methyl sites for hydroxylation is 1. The second-order valence-electron chi connectivity index (χ2n) is 6.16. The molecule has 2 aliphatic heterocycles. The van der Waals surface area contributed by atoms with Crippen LogP contribution in [-0.2, 0) is 13.6 Å². The summed E-state index contributed by atoms with van der Waals surface area (Å²) < 4.78 is 15.7. The molecule has 3 rings (SSSR count). The molecule has 118 valence electrons. The Balaban J connectivity index is 1.53. The highest BCUT2D eigenvalue weighted by Crippen LogP contribution is 2.23. The number of alkyl halides is 1. The fourth-order valence-electron chi connectivity index (χ4n) is 3.30. The Bertz CT molecular complexity index is 447. The summed E-state index contributed by atoms with van der Waals surface area (Å²) >= 11 is 2.04. The number of likely N-dealkylation sites (tertiary alicyclic amines) is 1. The van der Waals surface area contributed by atoms with Gasteiger partial charge in [-0.15, -0.1) is 0 Å². The summed E-state index contributed by atoms with van der Waals surface area (Å²) in [5.41, 5.74) is 1.16. The summed E-state index contributed by atoms with van der Waals surface area (Å²) in [7, 11) is 1.95. The van der Waals surface area contributed by atoms with E-state index in [0.29, 0.717) is 25.0 Å². The van der Waals surface area contributed by atoms with Crippen LogP contribution in [0.1, 0.15) is 25.0 Å². The van der Waals surface area contributed by atoms with E-state index in [0.717, 1.165) is 18.8 Å². The molecule has 0 radical (unpaired) electrons. The van der Waals surface area contributed by atoms with Gasteiger partial charge in [-0.1, -0.05) is 0 Å². The van der Waals surface area contributed by atoms with Crippen molar-refractivity contribution < 1.29 is 4.39 Å². The molecule has 1 N–H and O–H groups in total. The lowest BCUT2D eigenvalue weighted by atomic mass is 10.1. The standard InChI is InChI=1S/C15H25FN4S/c1-19-14(2-5-18-19)11-20-10-12(16)8-15(20)9-17-13-3-6-21-7-4-13/h2,5,12-13,15,17H,3-4,6-11H2,1H3/t12-,15-/m0/s1. The van der Waals surface area contributed by atoms with Gasteiger partial charge in [0.1, 0.15) is 6.17 Å². The zero-order valence-electron chi connectivity index (χ0n) is 12.7. The predicted molar refractivity (Wildman–Crippen MR) is 85.3 cm³/mol. The van der Waals surface area contributed by atoms with Crippen LogP contribution < -0.4 is 5.32 Å². The van der Waals surface area contributed by atoms with Crippen LogP contribution in [0.5, 0.6) is 0 Å². The zero-order valence-corrected chi connectivity index (χ0v) is 13.5. The number of thioether (sulfide) groups is 1. The molecule has 0 aromatic carbocycles. The van der Waals surface area contributed by atoms with E-state index in [1.807, 2.05) is 35.8 Å². The van der Waals surface area contributed by atoms with Crippen LogP contribution in [0.4, 0.5) is 4.39 Å². The Morgan fingerprint density at radius 3 is 2.95 bits per heavy atom. The normalized spacial score (nSPS) is 28.3. The Morgan fingerprint density at radius 2 is 2.24 bits per heavy atom. The first-order chi connectivity index (χ1) is 10.2. The molecule has 0 spiro atoms. The zero-order chi connectivity index (χ0) is 14.7. The van der Waals surface area contributed by atoms with E-state index in [2.05, 4.69) is 15.3 Å². The molecule has 1 aromatic rings. The molecule has 2 fully saturated rings. The van der Waals surface area contributed by atoms with E-state index in [4.69, 9.17) is 0 Å². The predicted octanol–water partition coefficient (Wildman–Crippen LogP) is 1.82. The van der Waals surface area contributed by atoms with Crippen LogP contribution in [0.15, 0.2) is 12.3 Å². The quantitative estimate of drug-likeness (QED) is 0.899. The fourth-order valence-corrected chi connectivity index (χ4v) is 4.40. The van der Waals surface area contributed by atoms with Crippen molar-refractivity contribution in [2.45, 2.75) is 44.1 Å². The van der Waals surface area contributed by atoms with Crippen LogP contribution >= 0.6 is 11.8 Å². The van der Waals surface area contributed by atoms with Crippen molar-refractivity contribution in [3.05, 3.63) is 18.0 Å². The molecule has 2 aliphatic rings. The number of nitrogens with one attached hydrogen (secondary N) is 1. The molecule has 2 saturated heterocycles. The molecule has 3 heterocycles. The van der Waals surface area contributed by atoms with Crippen molar-refractivity contribution in [3.63, 3.8) is 0 Å². The highest BCUT2D eigenvalue weighted by molar-refractivity contribution is 7.99. The number of hydrogen-bond donors (Lipinski definition) is 1. The Labute approximate surface area is 130 Å². The summed E-state index contributed by atoms with van der Waals surface area (Å²) in [5, 5.41) is 7.86. The fraction of sp³-hybridized carbons (Fsp3) is 0.800. The molecule has 2 atom stereocenters. The van der Waals surface area contributed by atoms with Crippen molar-refractivity contribution in [1.82, 2.24) is 20.0 Å². The van der Waals surface area contributed by atoms with Gasteiger partial charge in [0.25, 0.3) is 0 Å². The third-order valence-electron chi connectivity index (χ3n) is 4.63. The number of rotatable bonds is 5. The van der Waals surface area contributed by atoms with Gasteiger partial charge in [-0.05, 0) is 36.8 Å². The Hall–Kier alpha value is -0.590. The van der Waals surface area contributed by atoms with Gasteiger partial charge in [0.15, 0.2) is 0 Å². The molecule has 1 aromatic heterocycles. The monoisotopic (exact) mass is 312 g/mol. The van der Waals surface area contributed by atoms with Crippen molar-refractivity contribution >= 4 is 11.8 Å². The van der Waals surface area contributed by atoms with Gasteiger partial charge in [0, 0.05) is 45.0 Å². The lowest BCUT2D eigenvalue weighted by Crippen LogP contribution is -2.42. The third kappa shape index (κ3) is 3.99. The Kier molecular flexibility index (Phi) is 5.19. The number of halogens is 1. The minimum absolute atomic E-state index is 0.310. The lowest BCUT2D eigenvalue weighted by molar-refractivity contribution is 0.220. The second kappa shape index (κ2) is 7.11. The molecular weight excluding hydrogens is 287 g/mol. The maximum atomic E-state index is 13.8. The van der Waals surface area contributed by atoms with Gasteiger partial charge in [-0.25, -0.2) is 4.39 Å². The topological polar surface area (TPSA) is 33.1 Å². The van der Waals surface area contributed by atoms with Crippen LogP contribution in [0.2, 0.25) is 0 Å². The maximum absolute atomic E-state index is 13.8. The van der Waals surface area contributed by atoms with Gasteiger partial charge in [-0.2, -0.15) is 16.9 Å². The summed E-state index contributed by atoms with van der Waals surface area (Å²) in [6.07, 6.45) is 4.28. The van der Waals surface area contributed by atoms with Gasteiger partial charge in [0.05, 0.1) is 5.69 Å². The van der Waals surface area contributed by atoms with Gasteiger partial charge in [-0.3, -0.25) is 9.58 Å². The van der Waals surface area contributed by atoms with Gasteiger partial charge >= 0.3 is 0 Å². The summed E-state index contributed by atoms with van der Waals surface area (Å²) in [4.78, 5) is 2.27. The Morgan fingerprint density at radius 1 is 1.43 bits per heavy atom. The first-order valence-electron chi connectivity index (χ1n) is 7.88. The van der Waals surface area contributed by atoms with Crippen LogP contribution in [0, 0.1) is 0 Å². The van der Waals surface area contributed by atoms with Gasteiger partial charge < -0.3 is 5.32 Å². The van der Waals surface area contributed by atoms with Crippen LogP contribution in [0.3, 0.4) is 0 Å². The first kappa shape index (κ1) is 15.3. The van der Waals surface area contributed by atoms with Crippen molar-refractivity contribution in [2.24, 2.45) is 7.05 Å².